The van der Waals surface area contributed by atoms with E-state index in [1.807, 2.05) is 12.1 Å². The summed E-state index contributed by atoms with van der Waals surface area (Å²) in [5.74, 6) is 0. The summed E-state index contributed by atoms with van der Waals surface area (Å²) in [5, 5.41) is 9.47. The summed E-state index contributed by atoms with van der Waals surface area (Å²) >= 11 is 0. The first-order valence-electron chi connectivity index (χ1n) is 14.7. The highest BCUT2D eigenvalue weighted by Crippen LogP contribution is 2.53. The molecule has 0 bridgehead atoms. The van der Waals surface area contributed by atoms with Crippen LogP contribution < -0.4 is 0 Å². The Hall–Kier alpha value is -5.80. The number of hydrogen-bond donors (Lipinski definition) is 0. The standard InChI is InChI=1S/C40H21NO2/c1-4-13-31-29(10-1)38-33(21-18-27-23-9-3-6-15-35(23)43-40(27)38)41(31)32-20-19-30-36-24(11-7-12-28(32)36)25-16-17-26-22-8-2-5-14-34(22)42-39(26)37(25)30/h1-21H. The number of benzene rings is 7. The molecule has 7 aromatic carbocycles. The van der Waals surface area contributed by atoms with Crippen molar-refractivity contribution >= 4 is 76.5 Å². The molecule has 198 valence electrons. The molecule has 1 aliphatic rings. The van der Waals surface area contributed by atoms with E-state index in [2.05, 4.69) is 120 Å². The first-order valence-corrected chi connectivity index (χ1v) is 14.7. The summed E-state index contributed by atoms with van der Waals surface area (Å²) in [4.78, 5) is 0. The molecule has 0 saturated heterocycles. The monoisotopic (exact) mass is 547 g/mol. The maximum Gasteiger partial charge on any atom is 0.145 e. The molecule has 0 atom stereocenters. The molecule has 11 rings (SSSR count). The van der Waals surface area contributed by atoms with Gasteiger partial charge in [0.15, 0.2) is 0 Å². The van der Waals surface area contributed by atoms with Crippen LogP contribution in [0.15, 0.2) is 136 Å². The molecule has 0 spiro atoms. The fourth-order valence-corrected chi connectivity index (χ4v) is 7.79. The highest BCUT2D eigenvalue weighted by atomic mass is 16.3. The first-order chi connectivity index (χ1) is 21.3. The molecule has 3 nitrogen and oxygen atoms in total. The van der Waals surface area contributed by atoms with Crippen LogP contribution in [0, 0.1) is 0 Å². The number of hydrogen-bond acceptors (Lipinski definition) is 2. The van der Waals surface area contributed by atoms with Gasteiger partial charge in [-0.15, -0.1) is 0 Å². The van der Waals surface area contributed by atoms with Crippen molar-refractivity contribution in [3.05, 3.63) is 127 Å². The van der Waals surface area contributed by atoms with Crippen LogP contribution in [0.25, 0.3) is 104 Å². The van der Waals surface area contributed by atoms with Crippen LogP contribution in [0.1, 0.15) is 0 Å². The fourth-order valence-electron chi connectivity index (χ4n) is 7.79. The molecule has 3 heterocycles. The molecule has 0 aliphatic heterocycles. The van der Waals surface area contributed by atoms with E-state index in [1.54, 1.807) is 0 Å². The predicted octanol–water partition coefficient (Wildman–Crippen LogP) is 11.4. The average Bonchev–Trinajstić information content (AvgIpc) is 3.80. The van der Waals surface area contributed by atoms with Crippen LogP contribution in [-0.4, -0.2) is 4.57 Å². The molecule has 0 amide bonds. The number of furan rings is 2. The summed E-state index contributed by atoms with van der Waals surface area (Å²) in [5.41, 5.74) is 12.1. The average molecular weight is 548 g/mol. The van der Waals surface area contributed by atoms with E-state index in [9.17, 15) is 0 Å². The molecule has 0 unspecified atom stereocenters. The van der Waals surface area contributed by atoms with Crippen LogP contribution in [0.4, 0.5) is 0 Å². The Bertz CT molecular complexity index is 2840. The van der Waals surface area contributed by atoms with E-state index >= 15 is 0 Å². The lowest BCUT2D eigenvalue weighted by Crippen LogP contribution is -1.95. The van der Waals surface area contributed by atoms with Crippen LogP contribution in [0.5, 0.6) is 0 Å². The molecule has 3 heteroatoms. The van der Waals surface area contributed by atoms with Gasteiger partial charge < -0.3 is 13.4 Å². The summed E-state index contributed by atoms with van der Waals surface area (Å²) < 4.78 is 15.5. The molecule has 3 aromatic heterocycles. The number of para-hydroxylation sites is 3. The van der Waals surface area contributed by atoms with Gasteiger partial charge in [-0.2, -0.15) is 0 Å². The molecule has 0 radical (unpaired) electrons. The smallest absolute Gasteiger partial charge is 0.145 e. The van der Waals surface area contributed by atoms with Crippen molar-refractivity contribution in [3.8, 4) is 27.9 Å². The van der Waals surface area contributed by atoms with Gasteiger partial charge in [-0.3, -0.25) is 0 Å². The lowest BCUT2D eigenvalue weighted by atomic mass is 10.0. The summed E-state index contributed by atoms with van der Waals surface area (Å²) in [6, 6.07) is 45.6. The van der Waals surface area contributed by atoms with E-state index in [0.717, 1.165) is 60.5 Å². The second-order valence-corrected chi connectivity index (χ2v) is 11.6. The van der Waals surface area contributed by atoms with E-state index in [0.29, 0.717) is 0 Å². The van der Waals surface area contributed by atoms with Crippen LogP contribution in [0.2, 0.25) is 0 Å². The molecule has 10 aromatic rings. The van der Waals surface area contributed by atoms with E-state index in [4.69, 9.17) is 8.83 Å². The lowest BCUT2D eigenvalue weighted by Gasteiger charge is -2.13. The van der Waals surface area contributed by atoms with Crippen molar-refractivity contribution in [2.24, 2.45) is 0 Å². The number of nitrogens with zero attached hydrogens (tertiary/aromatic N) is 1. The zero-order valence-corrected chi connectivity index (χ0v) is 22.9. The molecular weight excluding hydrogens is 526 g/mol. The SMILES string of the molecule is c1ccc2c(c1)oc1c3c(ccc12)-c1cccc2c(-n4c5ccccc5c5c6oc7ccccc7c6ccc54)ccc-3c12. The molecule has 43 heavy (non-hydrogen) atoms. The minimum absolute atomic E-state index is 0.918. The maximum atomic E-state index is 6.54. The van der Waals surface area contributed by atoms with Crippen molar-refractivity contribution in [1.82, 2.24) is 4.57 Å². The Labute approximate surface area is 244 Å². The highest BCUT2D eigenvalue weighted by Gasteiger charge is 2.28. The largest absolute Gasteiger partial charge is 0.455 e. The van der Waals surface area contributed by atoms with E-state index in [1.165, 1.54) is 43.9 Å². The minimum atomic E-state index is 0.918. The molecule has 0 N–H and O–H groups in total. The van der Waals surface area contributed by atoms with Gasteiger partial charge >= 0.3 is 0 Å². The highest BCUT2D eigenvalue weighted by molar-refractivity contribution is 6.26. The third-order valence-electron chi connectivity index (χ3n) is 9.55. The van der Waals surface area contributed by atoms with Crippen LogP contribution in [-0.2, 0) is 0 Å². The van der Waals surface area contributed by atoms with Gasteiger partial charge in [0.05, 0.1) is 22.1 Å². The Morgan fingerprint density at radius 3 is 1.86 bits per heavy atom. The van der Waals surface area contributed by atoms with Crippen molar-refractivity contribution < 1.29 is 8.83 Å². The molecule has 0 saturated carbocycles. The summed E-state index contributed by atoms with van der Waals surface area (Å²) in [7, 11) is 0. The number of rotatable bonds is 1. The molecular formula is C40H21NO2. The Balaban J connectivity index is 1.26. The quantitative estimate of drug-likeness (QED) is 0.205. The van der Waals surface area contributed by atoms with Crippen LogP contribution in [0.3, 0.4) is 0 Å². The third-order valence-corrected chi connectivity index (χ3v) is 9.55. The number of fused-ring (bicyclic) bond motifs is 14. The lowest BCUT2D eigenvalue weighted by molar-refractivity contribution is 0.670. The zero-order chi connectivity index (χ0) is 27.8. The second kappa shape index (κ2) is 7.53. The Kier molecular flexibility index (Phi) is 3.83. The fraction of sp³-hybridized carbons (Fsp3) is 0. The first kappa shape index (κ1) is 21.9. The predicted molar refractivity (Wildman–Crippen MR) is 177 cm³/mol. The minimum Gasteiger partial charge on any atom is -0.455 e. The maximum absolute atomic E-state index is 6.54. The zero-order valence-electron chi connectivity index (χ0n) is 22.9. The number of aromatic nitrogens is 1. The molecule has 0 fully saturated rings. The van der Waals surface area contributed by atoms with Gasteiger partial charge in [0.25, 0.3) is 0 Å². The van der Waals surface area contributed by atoms with Crippen molar-refractivity contribution in [2.75, 3.05) is 0 Å². The third kappa shape index (κ3) is 2.58. The topological polar surface area (TPSA) is 31.2 Å². The second-order valence-electron chi connectivity index (χ2n) is 11.6. The summed E-state index contributed by atoms with van der Waals surface area (Å²) in [6.45, 7) is 0. The molecule has 1 aliphatic carbocycles. The van der Waals surface area contributed by atoms with Gasteiger partial charge in [0.2, 0.25) is 0 Å². The van der Waals surface area contributed by atoms with E-state index in [-0.39, 0.29) is 0 Å². The van der Waals surface area contributed by atoms with Gasteiger partial charge in [-0.05, 0) is 64.5 Å². The van der Waals surface area contributed by atoms with E-state index < -0.39 is 0 Å². The van der Waals surface area contributed by atoms with Crippen molar-refractivity contribution in [1.29, 1.82) is 0 Å². The van der Waals surface area contributed by atoms with Gasteiger partial charge in [-0.25, -0.2) is 0 Å². The van der Waals surface area contributed by atoms with Crippen molar-refractivity contribution in [3.63, 3.8) is 0 Å². The van der Waals surface area contributed by atoms with Crippen molar-refractivity contribution in [2.45, 2.75) is 0 Å². The normalized spacial score (nSPS) is 12.7. The summed E-state index contributed by atoms with van der Waals surface area (Å²) in [6.07, 6.45) is 0. The van der Waals surface area contributed by atoms with Gasteiger partial charge in [0, 0.05) is 37.9 Å². The Morgan fingerprint density at radius 2 is 1.02 bits per heavy atom. The van der Waals surface area contributed by atoms with Gasteiger partial charge in [0.1, 0.15) is 22.3 Å². The Morgan fingerprint density at radius 1 is 0.372 bits per heavy atom. The van der Waals surface area contributed by atoms with Crippen LogP contribution >= 0.6 is 0 Å². The van der Waals surface area contributed by atoms with Gasteiger partial charge in [-0.1, -0.05) is 84.9 Å².